The third kappa shape index (κ3) is 4.31. The summed E-state index contributed by atoms with van der Waals surface area (Å²) >= 11 is 3.56. The van der Waals surface area contributed by atoms with Gasteiger partial charge in [0.15, 0.2) is 0 Å². The molecule has 1 amide bonds. The number of rotatable bonds is 1. The lowest BCUT2D eigenvalue weighted by Gasteiger charge is -2.38. The minimum atomic E-state index is -0.433. The highest BCUT2D eigenvalue weighted by Gasteiger charge is 2.33. The maximum absolute atomic E-state index is 12.2. The third-order valence-corrected chi connectivity index (χ3v) is 5.25. The normalized spacial score (nSPS) is 22.2. The molecule has 1 fully saturated rings. The van der Waals surface area contributed by atoms with E-state index < -0.39 is 5.60 Å². The number of carbonyl (C=O) groups excluding carboxylic acids is 1. The predicted molar refractivity (Wildman–Crippen MR) is 97.0 cm³/mol. The first kappa shape index (κ1) is 17.7. The van der Waals surface area contributed by atoms with Crippen LogP contribution in [0.3, 0.4) is 0 Å². The van der Waals surface area contributed by atoms with Crippen molar-refractivity contribution in [3.05, 3.63) is 33.8 Å². The molecule has 0 spiro atoms. The molecule has 0 bridgehead atoms. The molecule has 1 saturated heterocycles. The second-order valence-corrected chi connectivity index (χ2v) is 8.69. The summed E-state index contributed by atoms with van der Waals surface area (Å²) in [5.74, 6) is 0.510. The van der Waals surface area contributed by atoms with E-state index in [1.165, 1.54) is 11.1 Å². The van der Waals surface area contributed by atoms with E-state index in [4.69, 9.17) is 9.47 Å². The summed E-state index contributed by atoms with van der Waals surface area (Å²) in [5, 5.41) is 0. The number of hydrogen-bond donors (Lipinski definition) is 0. The summed E-state index contributed by atoms with van der Waals surface area (Å²) in [6.07, 6.45) is 2.99. The smallest absolute Gasteiger partial charge is 0.410 e. The van der Waals surface area contributed by atoms with E-state index in [-0.39, 0.29) is 12.2 Å². The second-order valence-electron chi connectivity index (χ2n) is 7.77. The molecule has 1 unspecified atom stereocenters. The molecular formula is C19H26BrNO3. The molecule has 24 heavy (non-hydrogen) atoms. The van der Waals surface area contributed by atoms with Crippen LogP contribution in [0.4, 0.5) is 4.79 Å². The second kappa shape index (κ2) is 7.04. The monoisotopic (exact) mass is 395 g/mol. The fourth-order valence-electron chi connectivity index (χ4n) is 3.48. The Balaban J connectivity index is 1.55. The Kier molecular flexibility index (Phi) is 5.21. The number of hydrogen-bond acceptors (Lipinski definition) is 3. The average Bonchev–Trinajstić information content (AvgIpc) is 2.52. The van der Waals surface area contributed by atoms with Gasteiger partial charge in [0, 0.05) is 17.6 Å². The molecule has 2 heterocycles. The zero-order valence-corrected chi connectivity index (χ0v) is 16.3. The largest absolute Gasteiger partial charge is 0.444 e. The molecule has 1 atom stereocenters. The van der Waals surface area contributed by atoms with Crippen molar-refractivity contribution in [3.63, 3.8) is 0 Å². The molecule has 0 N–H and O–H groups in total. The summed E-state index contributed by atoms with van der Waals surface area (Å²) in [5.41, 5.74) is 2.24. The van der Waals surface area contributed by atoms with Crippen molar-refractivity contribution in [1.82, 2.24) is 4.90 Å². The minimum absolute atomic E-state index is 0.195. The van der Waals surface area contributed by atoms with Crippen LogP contribution in [0.1, 0.15) is 44.7 Å². The highest BCUT2D eigenvalue weighted by molar-refractivity contribution is 9.10. The van der Waals surface area contributed by atoms with Crippen LogP contribution in [0, 0.1) is 5.92 Å². The van der Waals surface area contributed by atoms with Crippen molar-refractivity contribution in [1.29, 1.82) is 0 Å². The van der Waals surface area contributed by atoms with Gasteiger partial charge in [-0.1, -0.05) is 22.0 Å². The molecule has 1 aromatic rings. The van der Waals surface area contributed by atoms with Gasteiger partial charge in [-0.2, -0.15) is 0 Å². The Morgan fingerprint density at radius 2 is 1.96 bits per heavy atom. The lowest BCUT2D eigenvalue weighted by atomic mass is 9.85. The van der Waals surface area contributed by atoms with Crippen molar-refractivity contribution < 1.29 is 14.3 Å². The van der Waals surface area contributed by atoms with E-state index in [1.54, 1.807) is 0 Å². The van der Waals surface area contributed by atoms with Crippen LogP contribution < -0.4 is 0 Å². The number of benzene rings is 1. The Morgan fingerprint density at radius 3 is 2.62 bits per heavy atom. The highest BCUT2D eigenvalue weighted by atomic mass is 79.9. The van der Waals surface area contributed by atoms with E-state index in [2.05, 4.69) is 34.1 Å². The molecular weight excluding hydrogens is 370 g/mol. The highest BCUT2D eigenvalue weighted by Crippen LogP contribution is 2.32. The predicted octanol–water partition coefficient (Wildman–Crippen LogP) is 4.54. The summed E-state index contributed by atoms with van der Waals surface area (Å²) in [4.78, 5) is 14.0. The zero-order chi connectivity index (χ0) is 17.3. The number of nitrogens with zero attached hydrogens (tertiary/aromatic N) is 1. The van der Waals surface area contributed by atoms with Crippen LogP contribution in [0.15, 0.2) is 22.7 Å². The van der Waals surface area contributed by atoms with Gasteiger partial charge in [0.25, 0.3) is 0 Å². The molecule has 4 nitrogen and oxygen atoms in total. The first-order valence-corrected chi connectivity index (χ1v) is 9.48. The van der Waals surface area contributed by atoms with Gasteiger partial charge in [-0.3, -0.25) is 0 Å². The number of halogens is 1. The van der Waals surface area contributed by atoms with Crippen LogP contribution >= 0.6 is 15.9 Å². The summed E-state index contributed by atoms with van der Waals surface area (Å²) in [7, 11) is 0. The Morgan fingerprint density at radius 1 is 1.25 bits per heavy atom. The van der Waals surface area contributed by atoms with E-state index >= 15 is 0 Å². The van der Waals surface area contributed by atoms with Crippen molar-refractivity contribution in [2.45, 2.75) is 58.3 Å². The molecule has 3 rings (SSSR count). The lowest BCUT2D eigenvalue weighted by molar-refractivity contribution is -0.0329. The number of likely N-dealkylation sites (tertiary alicyclic amines) is 1. The Hall–Kier alpha value is -1.07. The average molecular weight is 396 g/mol. The molecule has 132 valence electrons. The van der Waals surface area contributed by atoms with Gasteiger partial charge >= 0.3 is 6.09 Å². The van der Waals surface area contributed by atoms with Gasteiger partial charge in [-0.25, -0.2) is 4.79 Å². The van der Waals surface area contributed by atoms with E-state index in [9.17, 15) is 4.79 Å². The summed E-state index contributed by atoms with van der Waals surface area (Å²) in [6.45, 7) is 7.92. The first-order chi connectivity index (χ1) is 11.3. The van der Waals surface area contributed by atoms with Gasteiger partial charge in [-0.05, 0) is 69.2 Å². The minimum Gasteiger partial charge on any atom is -0.444 e. The van der Waals surface area contributed by atoms with Crippen molar-refractivity contribution in [2.24, 2.45) is 5.92 Å². The van der Waals surface area contributed by atoms with E-state index in [0.717, 1.165) is 36.8 Å². The molecule has 0 saturated carbocycles. The van der Waals surface area contributed by atoms with Crippen LogP contribution in [0.5, 0.6) is 0 Å². The third-order valence-electron chi connectivity index (χ3n) is 4.76. The summed E-state index contributed by atoms with van der Waals surface area (Å²) in [6, 6.07) is 6.42. The number of piperidine rings is 1. The summed E-state index contributed by atoms with van der Waals surface area (Å²) < 4.78 is 12.7. The molecule has 0 aliphatic carbocycles. The zero-order valence-electron chi connectivity index (χ0n) is 14.7. The van der Waals surface area contributed by atoms with Crippen molar-refractivity contribution in [2.75, 3.05) is 13.1 Å². The van der Waals surface area contributed by atoms with Crippen molar-refractivity contribution in [3.8, 4) is 0 Å². The maximum Gasteiger partial charge on any atom is 0.410 e. The maximum atomic E-state index is 12.2. The quantitative estimate of drug-likeness (QED) is 0.700. The first-order valence-electron chi connectivity index (χ1n) is 8.69. The fourth-order valence-corrected chi connectivity index (χ4v) is 3.89. The topological polar surface area (TPSA) is 38.8 Å². The van der Waals surface area contributed by atoms with Gasteiger partial charge in [0.1, 0.15) is 5.60 Å². The van der Waals surface area contributed by atoms with E-state index in [1.807, 2.05) is 25.7 Å². The Bertz CT molecular complexity index is 603. The molecule has 0 aromatic heterocycles. The standard InChI is InChI=1S/C19H26BrNO3/c1-19(2,3)24-18(22)21-8-6-13(7-9-21)17-11-15-10-16(20)5-4-14(15)12-23-17/h4-5,10,13,17H,6-9,11-12H2,1-3H3. The van der Waals surface area contributed by atoms with Gasteiger partial charge in [0.05, 0.1) is 12.7 Å². The Labute approximate surface area is 152 Å². The van der Waals surface area contributed by atoms with Gasteiger partial charge < -0.3 is 14.4 Å². The number of amides is 1. The van der Waals surface area contributed by atoms with E-state index in [0.29, 0.717) is 12.5 Å². The molecule has 5 heteroatoms. The molecule has 1 aromatic carbocycles. The van der Waals surface area contributed by atoms with Gasteiger partial charge in [-0.15, -0.1) is 0 Å². The number of carbonyl (C=O) groups is 1. The molecule has 0 radical (unpaired) electrons. The molecule has 2 aliphatic rings. The fraction of sp³-hybridized carbons (Fsp3) is 0.632. The number of fused-ring (bicyclic) bond motifs is 1. The molecule has 2 aliphatic heterocycles. The van der Waals surface area contributed by atoms with Crippen LogP contribution in [-0.4, -0.2) is 35.8 Å². The SMILES string of the molecule is CC(C)(C)OC(=O)N1CCC(C2Cc3cc(Br)ccc3CO2)CC1. The van der Waals surface area contributed by atoms with Crippen LogP contribution in [0.25, 0.3) is 0 Å². The lowest BCUT2D eigenvalue weighted by Crippen LogP contribution is -2.44. The number of ether oxygens (including phenoxy) is 2. The van der Waals surface area contributed by atoms with Gasteiger partial charge in [0.2, 0.25) is 0 Å². The van der Waals surface area contributed by atoms with Crippen molar-refractivity contribution >= 4 is 22.0 Å². The van der Waals surface area contributed by atoms with Crippen LogP contribution in [-0.2, 0) is 22.5 Å². The van der Waals surface area contributed by atoms with Crippen LogP contribution in [0.2, 0.25) is 0 Å².